The Morgan fingerprint density at radius 3 is 2.95 bits per heavy atom. The molecule has 21 heavy (non-hydrogen) atoms. The second-order valence-corrected chi connectivity index (χ2v) is 5.63. The highest BCUT2D eigenvalue weighted by molar-refractivity contribution is 5.58. The monoisotopic (exact) mass is 294 g/mol. The normalized spacial score (nSPS) is 25.4. The minimum absolute atomic E-state index is 0.0205. The number of nitro groups is 1. The van der Waals surface area contributed by atoms with Crippen LogP contribution in [0.2, 0.25) is 0 Å². The molecule has 0 amide bonds. The van der Waals surface area contributed by atoms with Crippen LogP contribution in [-0.2, 0) is 4.74 Å². The van der Waals surface area contributed by atoms with E-state index in [-0.39, 0.29) is 23.1 Å². The number of ether oxygens (including phenoxy) is 2. The van der Waals surface area contributed by atoms with Crippen LogP contribution in [0.3, 0.4) is 0 Å². The number of anilines is 1. The molecule has 0 aliphatic carbocycles. The van der Waals surface area contributed by atoms with Crippen molar-refractivity contribution in [1.82, 2.24) is 0 Å². The van der Waals surface area contributed by atoms with Gasteiger partial charge in [0.05, 0.1) is 17.6 Å². The standard InChI is InChI=1S/C15H22N2O4/c1-4-15(2)10-12(7-8-21-15)16-11-5-6-14(20-3)13(9-11)17(18)19/h5-6,9,12,16H,4,7-8,10H2,1-3H3. The summed E-state index contributed by atoms with van der Waals surface area (Å²) in [5, 5.41) is 14.4. The summed E-state index contributed by atoms with van der Waals surface area (Å²) in [4.78, 5) is 10.6. The Labute approximate surface area is 124 Å². The molecular formula is C15H22N2O4. The van der Waals surface area contributed by atoms with E-state index >= 15 is 0 Å². The summed E-state index contributed by atoms with van der Waals surface area (Å²) in [6.07, 6.45) is 2.74. The predicted octanol–water partition coefficient (Wildman–Crippen LogP) is 3.36. The Balaban J connectivity index is 2.12. The second-order valence-electron chi connectivity index (χ2n) is 5.63. The van der Waals surface area contributed by atoms with E-state index < -0.39 is 4.92 Å². The third kappa shape index (κ3) is 3.64. The fraction of sp³-hybridized carbons (Fsp3) is 0.600. The van der Waals surface area contributed by atoms with Crippen molar-refractivity contribution in [3.63, 3.8) is 0 Å². The number of hydrogen-bond donors (Lipinski definition) is 1. The molecule has 0 bridgehead atoms. The molecule has 1 heterocycles. The van der Waals surface area contributed by atoms with Crippen LogP contribution in [0, 0.1) is 10.1 Å². The van der Waals surface area contributed by atoms with Crippen LogP contribution in [-0.4, -0.2) is 30.3 Å². The van der Waals surface area contributed by atoms with Crippen molar-refractivity contribution in [2.75, 3.05) is 19.0 Å². The molecule has 2 unspecified atom stereocenters. The van der Waals surface area contributed by atoms with Crippen molar-refractivity contribution in [3.8, 4) is 5.75 Å². The number of nitrogens with one attached hydrogen (secondary N) is 1. The maximum Gasteiger partial charge on any atom is 0.312 e. The molecule has 0 saturated carbocycles. The summed E-state index contributed by atoms with van der Waals surface area (Å²) in [6, 6.07) is 5.22. The maximum atomic E-state index is 11.1. The molecule has 1 aromatic carbocycles. The fourth-order valence-corrected chi connectivity index (χ4v) is 2.66. The van der Waals surface area contributed by atoms with Crippen LogP contribution in [0.25, 0.3) is 0 Å². The third-order valence-electron chi connectivity index (χ3n) is 4.09. The Kier molecular flexibility index (Phi) is 4.67. The van der Waals surface area contributed by atoms with E-state index in [9.17, 15) is 10.1 Å². The minimum Gasteiger partial charge on any atom is -0.490 e. The van der Waals surface area contributed by atoms with Gasteiger partial charge < -0.3 is 14.8 Å². The lowest BCUT2D eigenvalue weighted by Crippen LogP contribution is -2.41. The maximum absolute atomic E-state index is 11.1. The van der Waals surface area contributed by atoms with Gasteiger partial charge in [-0.25, -0.2) is 0 Å². The van der Waals surface area contributed by atoms with Crippen molar-refractivity contribution >= 4 is 11.4 Å². The smallest absolute Gasteiger partial charge is 0.312 e. The molecule has 6 heteroatoms. The molecule has 0 aromatic heterocycles. The first-order valence-corrected chi connectivity index (χ1v) is 7.20. The lowest BCUT2D eigenvalue weighted by atomic mass is 9.90. The van der Waals surface area contributed by atoms with E-state index in [1.807, 2.05) is 6.07 Å². The van der Waals surface area contributed by atoms with E-state index in [1.165, 1.54) is 13.2 Å². The first-order chi connectivity index (χ1) is 9.97. The first kappa shape index (κ1) is 15.6. The molecule has 1 aliphatic rings. The van der Waals surface area contributed by atoms with E-state index in [4.69, 9.17) is 9.47 Å². The molecule has 1 aliphatic heterocycles. The van der Waals surface area contributed by atoms with Crippen LogP contribution in [0.5, 0.6) is 5.75 Å². The van der Waals surface area contributed by atoms with E-state index in [0.29, 0.717) is 6.61 Å². The second kappa shape index (κ2) is 6.30. The number of nitrogens with zero attached hydrogens (tertiary/aromatic N) is 1. The lowest BCUT2D eigenvalue weighted by molar-refractivity contribution is -0.385. The van der Waals surface area contributed by atoms with Gasteiger partial charge in [0.2, 0.25) is 0 Å². The summed E-state index contributed by atoms with van der Waals surface area (Å²) >= 11 is 0. The highest BCUT2D eigenvalue weighted by Crippen LogP contribution is 2.33. The number of nitro benzene ring substituents is 1. The zero-order valence-corrected chi connectivity index (χ0v) is 12.7. The largest absolute Gasteiger partial charge is 0.490 e. The molecule has 1 fully saturated rings. The van der Waals surface area contributed by atoms with Crippen LogP contribution >= 0.6 is 0 Å². The lowest BCUT2D eigenvalue weighted by Gasteiger charge is -2.38. The third-order valence-corrected chi connectivity index (χ3v) is 4.09. The van der Waals surface area contributed by atoms with Crippen LogP contribution in [0.4, 0.5) is 11.4 Å². The topological polar surface area (TPSA) is 73.6 Å². The highest BCUT2D eigenvalue weighted by Gasteiger charge is 2.31. The van der Waals surface area contributed by atoms with Crippen LogP contribution in [0.15, 0.2) is 18.2 Å². The fourth-order valence-electron chi connectivity index (χ4n) is 2.66. The Morgan fingerprint density at radius 2 is 2.33 bits per heavy atom. The van der Waals surface area contributed by atoms with Gasteiger partial charge >= 0.3 is 5.69 Å². The number of hydrogen-bond acceptors (Lipinski definition) is 5. The first-order valence-electron chi connectivity index (χ1n) is 7.20. The van der Waals surface area contributed by atoms with Crippen molar-refractivity contribution in [2.45, 2.75) is 44.8 Å². The average Bonchev–Trinajstić information content (AvgIpc) is 2.47. The Bertz CT molecular complexity index is 520. The molecule has 2 rings (SSSR count). The van der Waals surface area contributed by atoms with E-state index in [0.717, 1.165) is 24.9 Å². The van der Waals surface area contributed by atoms with Gasteiger partial charge in [0, 0.05) is 24.4 Å². The number of methoxy groups -OCH3 is 1. The molecule has 1 saturated heterocycles. The zero-order chi connectivity index (χ0) is 15.5. The van der Waals surface area contributed by atoms with Crippen molar-refractivity contribution in [2.24, 2.45) is 0 Å². The van der Waals surface area contributed by atoms with E-state index in [1.54, 1.807) is 6.07 Å². The quantitative estimate of drug-likeness (QED) is 0.666. The zero-order valence-electron chi connectivity index (χ0n) is 12.7. The average molecular weight is 294 g/mol. The minimum atomic E-state index is -0.426. The highest BCUT2D eigenvalue weighted by atomic mass is 16.6. The van der Waals surface area contributed by atoms with Gasteiger partial charge in [-0.05, 0) is 38.3 Å². The Morgan fingerprint density at radius 1 is 1.57 bits per heavy atom. The molecule has 0 radical (unpaired) electrons. The van der Waals surface area contributed by atoms with Gasteiger partial charge in [-0.3, -0.25) is 10.1 Å². The van der Waals surface area contributed by atoms with Gasteiger partial charge in [-0.15, -0.1) is 0 Å². The molecule has 1 aromatic rings. The summed E-state index contributed by atoms with van der Waals surface area (Å²) in [5.74, 6) is 0.274. The predicted molar refractivity (Wildman–Crippen MR) is 80.9 cm³/mol. The van der Waals surface area contributed by atoms with Crippen LogP contribution in [0.1, 0.15) is 33.1 Å². The molecular weight excluding hydrogens is 272 g/mol. The number of rotatable bonds is 5. The van der Waals surface area contributed by atoms with Gasteiger partial charge in [0.25, 0.3) is 0 Å². The SMILES string of the molecule is CCC1(C)CC(Nc2ccc(OC)c([N+](=O)[O-])c2)CCO1. The van der Waals surface area contributed by atoms with Crippen molar-refractivity contribution < 1.29 is 14.4 Å². The van der Waals surface area contributed by atoms with Gasteiger partial charge in [-0.1, -0.05) is 6.92 Å². The summed E-state index contributed by atoms with van der Waals surface area (Å²) < 4.78 is 10.8. The van der Waals surface area contributed by atoms with E-state index in [2.05, 4.69) is 19.2 Å². The Hall–Kier alpha value is -1.82. The molecule has 2 atom stereocenters. The summed E-state index contributed by atoms with van der Waals surface area (Å²) in [5.41, 5.74) is 0.606. The molecule has 0 spiro atoms. The molecule has 116 valence electrons. The van der Waals surface area contributed by atoms with Gasteiger partial charge in [-0.2, -0.15) is 0 Å². The van der Waals surface area contributed by atoms with Crippen molar-refractivity contribution in [3.05, 3.63) is 28.3 Å². The molecule has 6 nitrogen and oxygen atoms in total. The van der Waals surface area contributed by atoms with Crippen LogP contribution < -0.4 is 10.1 Å². The van der Waals surface area contributed by atoms with Gasteiger partial charge in [0.15, 0.2) is 5.75 Å². The number of benzene rings is 1. The van der Waals surface area contributed by atoms with Gasteiger partial charge in [0.1, 0.15) is 0 Å². The summed E-state index contributed by atoms with van der Waals surface area (Å²) in [7, 11) is 1.43. The summed E-state index contributed by atoms with van der Waals surface area (Å²) in [6.45, 7) is 4.93. The van der Waals surface area contributed by atoms with Crippen molar-refractivity contribution in [1.29, 1.82) is 0 Å². The molecule has 1 N–H and O–H groups in total.